The minimum Gasteiger partial charge on any atom is -0.352 e. The van der Waals surface area contributed by atoms with Crippen LogP contribution in [0.3, 0.4) is 0 Å². The van der Waals surface area contributed by atoms with Gasteiger partial charge in [-0.05, 0) is 51.1 Å². The minimum atomic E-state index is -0.373. The van der Waals surface area contributed by atoms with E-state index in [1.165, 1.54) is 11.3 Å². The summed E-state index contributed by atoms with van der Waals surface area (Å²) in [6.45, 7) is 5.03. The van der Waals surface area contributed by atoms with Gasteiger partial charge < -0.3 is 10.6 Å². The molecule has 100 valence electrons. The van der Waals surface area contributed by atoms with Crippen LogP contribution in [-0.2, 0) is 11.2 Å². The van der Waals surface area contributed by atoms with E-state index in [9.17, 15) is 4.79 Å². The van der Waals surface area contributed by atoms with Crippen LogP contribution in [0.25, 0.3) is 0 Å². The molecule has 2 heterocycles. The number of amides is 1. The zero-order chi connectivity index (χ0) is 13.0. The third-order valence-corrected chi connectivity index (χ3v) is 4.48. The Morgan fingerprint density at radius 1 is 1.61 bits per heavy atom. The first-order chi connectivity index (χ1) is 8.60. The molecule has 0 aromatic carbocycles. The molecule has 2 N–H and O–H groups in total. The van der Waals surface area contributed by atoms with Crippen LogP contribution in [0.5, 0.6) is 0 Å². The molecular formula is C14H22N2OS. The lowest BCUT2D eigenvalue weighted by Gasteiger charge is -2.34. The van der Waals surface area contributed by atoms with Gasteiger partial charge in [0.2, 0.25) is 5.91 Å². The normalized spacial score (nSPS) is 25.7. The molecule has 2 rings (SSSR count). The fourth-order valence-electron chi connectivity index (χ4n) is 2.41. The van der Waals surface area contributed by atoms with Crippen molar-refractivity contribution in [1.29, 1.82) is 0 Å². The molecule has 1 aliphatic heterocycles. The fourth-order valence-corrected chi connectivity index (χ4v) is 3.25. The number of hydrogen-bond donors (Lipinski definition) is 2. The molecule has 0 saturated carbocycles. The molecule has 3 nitrogen and oxygen atoms in total. The second-order valence-corrected chi connectivity index (χ2v) is 6.41. The highest BCUT2D eigenvalue weighted by Gasteiger charge is 2.34. The zero-order valence-corrected chi connectivity index (χ0v) is 12.0. The summed E-state index contributed by atoms with van der Waals surface area (Å²) in [5, 5.41) is 8.56. The van der Waals surface area contributed by atoms with Gasteiger partial charge in [-0.1, -0.05) is 6.07 Å². The van der Waals surface area contributed by atoms with Crippen LogP contribution >= 0.6 is 11.3 Å². The Kier molecular flexibility index (Phi) is 4.40. The second-order valence-electron chi connectivity index (χ2n) is 5.37. The van der Waals surface area contributed by atoms with E-state index in [1.807, 2.05) is 6.92 Å². The molecule has 0 aliphatic carbocycles. The van der Waals surface area contributed by atoms with E-state index in [0.717, 1.165) is 25.8 Å². The number of carbonyl (C=O) groups is 1. The van der Waals surface area contributed by atoms with E-state index >= 15 is 0 Å². The molecule has 0 radical (unpaired) electrons. The lowest BCUT2D eigenvalue weighted by Crippen LogP contribution is -2.58. The smallest absolute Gasteiger partial charge is 0.240 e. The molecule has 1 fully saturated rings. The molecule has 0 bridgehead atoms. The van der Waals surface area contributed by atoms with Crippen LogP contribution in [0, 0.1) is 0 Å². The molecule has 1 saturated heterocycles. The average molecular weight is 266 g/mol. The number of rotatable bonds is 4. The summed E-state index contributed by atoms with van der Waals surface area (Å²) in [5.74, 6) is 0.145. The Bertz CT molecular complexity index is 383. The van der Waals surface area contributed by atoms with E-state index in [1.54, 1.807) is 11.3 Å². The average Bonchev–Trinajstić information content (AvgIpc) is 2.82. The van der Waals surface area contributed by atoms with Crippen LogP contribution in [0.4, 0.5) is 0 Å². The van der Waals surface area contributed by atoms with Gasteiger partial charge in [0, 0.05) is 17.3 Å². The van der Waals surface area contributed by atoms with E-state index in [4.69, 9.17) is 0 Å². The standard InChI is InChI=1S/C14H22N2OS/c1-11(10-12-6-5-9-18-12)16-13(17)14(2)7-3-4-8-15-14/h5-6,9,11,15H,3-4,7-8,10H2,1-2H3,(H,16,17). The maximum absolute atomic E-state index is 12.3. The highest BCUT2D eigenvalue weighted by Crippen LogP contribution is 2.19. The summed E-state index contributed by atoms with van der Waals surface area (Å²) in [4.78, 5) is 13.6. The number of nitrogens with one attached hydrogen (secondary N) is 2. The van der Waals surface area contributed by atoms with Crippen LogP contribution in [0.15, 0.2) is 17.5 Å². The van der Waals surface area contributed by atoms with Crippen molar-refractivity contribution in [3.05, 3.63) is 22.4 Å². The minimum absolute atomic E-state index is 0.145. The Hall–Kier alpha value is -0.870. The molecule has 1 aromatic rings. The van der Waals surface area contributed by atoms with E-state index in [-0.39, 0.29) is 17.5 Å². The van der Waals surface area contributed by atoms with Crippen molar-refractivity contribution in [3.63, 3.8) is 0 Å². The van der Waals surface area contributed by atoms with E-state index in [2.05, 4.69) is 35.1 Å². The summed E-state index contributed by atoms with van der Waals surface area (Å²) in [5.41, 5.74) is -0.373. The quantitative estimate of drug-likeness (QED) is 0.878. The first-order valence-electron chi connectivity index (χ1n) is 6.68. The number of hydrogen-bond acceptors (Lipinski definition) is 3. The lowest BCUT2D eigenvalue weighted by molar-refractivity contribution is -0.128. The molecule has 1 aliphatic rings. The summed E-state index contributed by atoms with van der Waals surface area (Å²) >= 11 is 1.75. The fraction of sp³-hybridized carbons (Fsp3) is 0.643. The van der Waals surface area contributed by atoms with Gasteiger partial charge in [-0.25, -0.2) is 0 Å². The Labute approximate surface area is 113 Å². The number of piperidine rings is 1. The first-order valence-corrected chi connectivity index (χ1v) is 7.56. The van der Waals surface area contributed by atoms with Gasteiger partial charge in [0.05, 0.1) is 5.54 Å². The van der Waals surface area contributed by atoms with Gasteiger partial charge in [-0.15, -0.1) is 11.3 Å². The number of thiophene rings is 1. The maximum atomic E-state index is 12.3. The van der Waals surface area contributed by atoms with Crippen LogP contribution in [0.2, 0.25) is 0 Å². The largest absolute Gasteiger partial charge is 0.352 e. The van der Waals surface area contributed by atoms with Crippen molar-refractivity contribution in [3.8, 4) is 0 Å². The summed E-state index contributed by atoms with van der Waals surface area (Å²) in [6.07, 6.45) is 4.16. The number of carbonyl (C=O) groups excluding carboxylic acids is 1. The Morgan fingerprint density at radius 2 is 2.44 bits per heavy atom. The highest BCUT2D eigenvalue weighted by molar-refractivity contribution is 7.09. The van der Waals surface area contributed by atoms with E-state index in [0.29, 0.717) is 0 Å². The van der Waals surface area contributed by atoms with Gasteiger partial charge in [0.15, 0.2) is 0 Å². The van der Waals surface area contributed by atoms with Crippen molar-refractivity contribution >= 4 is 17.2 Å². The van der Waals surface area contributed by atoms with Crippen LogP contribution in [0.1, 0.15) is 38.0 Å². The van der Waals surface area contributed by atoms with Gasteiger partial charge in [-0.2, -0.15) is 0 Å². The summed E-state index contributed by atoms with van der Waals surface area (Å²) in [6, 6.07) is 4.36. The van der Waals surface area contributed by atoms with Crippen molar-refractivity contribution in [1.82, 2.24) is 10.6 Å². The van der Waals surface area contributed by atoms with Crippen molar-refractivity contribution in [2.24, 2.45) is 0 Å². The van der Waals surface area contributed by atoms with Crippen LogP contribution in [-0.4, -0.2) is 24.0 Å². The van der Waals surface area contributed by atoms with Crippen molar-refractivity contribution in [2.45, 2.75) is 51.1 Å². The van der Waals surface area contributed by atoms with Gasteiger partial charge in [0.25, 0.3) is 0 Å². The lowest BCUT2D eigenvalue weighted by atomic mass is 9.90. The van der Waals surface area contributed by atoms with Crippen molar-refractivity contribution in [2.75, 3.05) is 6.54 Å². The molecule has 18 heavy (non-hydrogen) atoms. The maximum Gasteiger partial charge on any atom is 0.240 e. The SMILES string of the molecule is CC(Cc1cccs1)NC(=O)C1(C)CCCCN1. The predicted octanol–water partition coefficient (Wildman–Crippen LogP) is 2.33. The molecule has 1 amide bonds. The monoisotopic (exact) mass is 266 g/mol. The Balaban J connectivity index is 1.86. The third kappa shape index (κ3) is 3.33. The topological polar surface area (TPSA) is 41.1 Å². The Morgan fingerprint density at radius 3 is 3.06 bits per heavy atom. The van der Waals surface area contributed by atoms with Crippen LogP contribution < -0.4 is 10.6 Å². The van der Waals surface area contributed by atoms with E-state index < -0.39 is 0 Å². The second kappa shape index (κ2) is 5.85. The zero-order valence-electron chi connectivity index (χ0n) is 11.2. The predicted molar refractivity (Wildman–Crippen MR) is 75.9 cm³/mol. The first kappa shape index (κ1) is 13.6. The van der Waals surface area contributed by atoms with Gasteiger partial charge >= 0.3 is 0 Å². The molecule has 0 spiro atoms. The summed E-state index contributed by atoms with van der Waals surface area (Å²) < 4.78 is 0. The van der Waals surface area contributed by atoms with Gasteiger partial charge in [0.1, 0.15) is 0 Å². The van der Waals surface area contributed by atoms with Crippen molar-refractivity contribution < 1.29 is 4.79 Å². The highest BCUT2D eigenvalue weighted by atomic mass is 32.1. The summed E-state index contributed by atoms with van der Waals surface area (Å²) in [7, 11) is 0. The van der Waals surface area contributed by atoms with Gasteiger partial charge in [-0.3, -0.25) is 4.79 Å². The molecule has 2 atom stereocenters. The molecular weight excluding hydrogens is 244 g/mol. The molecule has 1 aromatic heterocycles. The molecule has 4 heteroatoms. The third-order valence-electron chi connectivity index (χ3n) is 3.58. The molecule has 2 unspecified atom stereocenters.